The number of hydrogen-bond donors (Lipinski definition) is 1. The molecule has 0 aromatic heterocycles. The summed E-state index contributed by atoms with van der Waals surface area (Å²) in [7, 11) is 0. The van der Waals surface area contributed by atoms with Crippen molar-refractivity contribution in [3.63, 3.8) is 0 Å². The molecule has 2 atom stereocenters. The van der Waals surface area contributed by atoms with Gasteiger partial charge < -0.3 is 5.11 Å². The standard InChI is InChI=1S/C20H22F3NO/c21-20(22,23)18-8-6-15(7-9-18)12-17-14-24(11-10-19(17)25)13-16-4-2-1-3-5-16/h1-9,17,19,25H,10-14H2. The fourth-order valence-electron chi connectivity index (χ4n) is 3.41. The smallest absolute Gasteiger partial charge is 0.393 e. The first-order valence-corrected chi connectivity index (χ1v) is 8.52. The van der Waals surface area contributed by atoms with Crippen LogP contribution in [0.25, 0.3) is 0 Å². The van der Waals surface area contributed by atoms with E-state index < -0.39 is 17.8 Å². The molecule has 25 heavy (non-hydrogen) atoms. The van der Waals surface area contributed by atoms with Crippen LogP contribution in [-0.2, 0) is 19.1 Å². The van der Waals surface area contributed by atoms with Gasteiger partial charge in [-0.15, -0.1) is 0 Å². The second-order valence-electron chi connectivity index (χ2n) is 6.74. The number of alkyl halides is 3. The van der Waals surface area contributed by atoms with Crippen molar-refractivity contribution in [2.75, 3.05) is 13.1 Å². The first-order chi connectivity index (χ1) is 11.9. The summed E-state index contributed by atoms with van der Waals surface area (Å²) in [6, 6.07) is 15.4. The van der Waals surface area contributed by atoms with Crippen LogP contribution in [0.15, 0.2) is 54.6 Å². The van der Waals surface area contributed by atoms with Crippen molar-refractivity contribution in [3.8, 4) is 0 Å². The summed E-state index contributed by atoms with van der Waals surface area (Å²) in [5.41, 5.74) is 1.43. The summed E-state index contributed by atoms with van der Waals surface area (Å²) >= 11 is 0. The first-order valence-electron chi connectivity index (χ1n) is 8.52. The lowest BCUT2D eigenvalue weighted by Crippen LogP contribution is -2.43. The number of rotatable bonds is 4. The van der Waals surface area contributed by atoms with Crippen LogP contribution < -0.4 is 0 Å². The Labute approximate surface area is 145 Å². The fourth-order valence-corrected chi connectivity index (χ4v) is 3.41. The molecular formula is C20H22F3NO. The molecule has 0 radical (unpaired) electrons. The van der Waals surface area contributed by atoms with Crippen LogP contribution in [0.3, 0.4) is 0 Å². The minimum absolute atomic E-state index is 0.0363. The van der Waals surface area contributed by atoms with Crippen molar-refractivity contribution in [3.05, 3.63) is 71.3 Å². The van der Waals surface area contributed by atoms with E-state index in [1.807, 2.05) is 18.2 Å². The third kappa shape index (κ3) is 4.83. The predicted octanol–water partition coefficient (Wildman–Crippen LogP) is 4.13. The van der Waals surface area contributed by atoms with Crippen LogP contribution in [0.2, 0.25) is 0 Å². The lowest BCUT2D eigenvalue weighted by molar-refractivity contribution is -0.137. The second kappa shape index (κ2) is 7.58. The third-order valence-electron chi connectivity index (χ3n) is 4.81. The topological polar surface area (TPSA) is 23.5 Å². The fraction of sp³-hybridized carbons (Fsp3) is 0.400. The largest absolute Gasteiger partial charge is 0.416 e. The van der Waals surface area contributed by atoms with Crippen LogP contribution in [-0.4, -0.2) is 29.2 Å². The lowest BCUT2D eigenvalue weighted by Gasteiger charge is -2.36. The molecule has 1 aliphatic heterocycles. The third-order valence-corrected chi connectivity index (χ3v) is 4.81. The molecule has 3 rings (SSSR count). The quantitative estimate of drug-likeness (QED) is 0.897. The maximum atomic E-state index is 12.7. The van der Waals surface area contributed by atoms with Gasteiger partial charge in [0, 0.05) is 25.6 Å². The highest BCUT2D eigenvalue weighted by Crippen LogP contribution is 2.30. The molecule has 0 aliphatic carbocycles. The van der Waals surface area contributed by atoms with Crippen LogP contribution in [0.1, 0.15) is 23.1 Å². The minimum atomic E-state index is -4.31. The average Bonchev–Trinajstić information content (AvgIpc) is 2.58. The maximum absolute atomic E-state index is 12.7. The van der Waals surface area contributed by atoms with Crippen molar-refractivity contribution in [2.45, 2.75) is 31.7 Å². The van der Waals surface area contributed by atoms with Crippen molar-refractivity contribution < 1.29 is 18.3 Å². The highest BCUT2D eigenvalue weighted by molar-refractivity contribution is 5.25. The van der Waals surface area contributed by atoms with Crippen LogP contribution in [0.5, 0.6) is 0 Å². The molecule has 2 aromatic carbocycles. The van der Waals surface area contributed by atoms with Crippen LogP contribution in [0, 0.1) is 5.92 Å². The summed E-state index contributed by atoms with van der Waals surface area (Å²) in [6.45, 7) is 2.41. The Balaban J connectivity index is 1.62. The van der Waals surface area contributed by atoms with Gasteiger partial charge in [-0.3, -0.25) is 4.90 Å². The Bertz CT molecular complexity index is 670. The number of likely N-dealkylation sites (tertiary alicyclic amines) is 1. The van der Waals surface area contributed by atoms with E-state index in [4.69, 9.17) is 0 Å². The van der Waals surface area contributed by atoms with E-state index in [2.05, 4.69) is 17.0 Å². The number of halogens is 3. The van der Waals surface area contributed by atoms with Gasteiger partial charge in [-0.1, -0.05) is 42.5 Å². The Morgan fingerprint density at radius 1 is 0.960 bits per heavy atom. The maximum Gasteiger partial charge on any atom is 0.416 e. The van der Waals surface area contributed by atoms with Gasteiger partial charge in [0.1, 0.15) is 0 Å². The van der Waals surface area contributed by atoms with E-state index in [0.29, 0.717) is 12.8 Å². The molecular weight excluding hydrogens is 327 g/mol. The molecule has 0 spiro atoms. The molecule has 134 valence electrons. The summed E-state index contributed by atoms with van der Waals surface area (Å²) in [5, 5.41) is 10.3. The van der Waals surface area contributed by atoms with Gasteiger partial charge in [0.15, 0.2) is 0 Å². The van der Waals surface area contributed by atoms with Crippen LogP contribution >= 0.6 is 0 Å². The molecule has 2 unspecified atom stereocenters. The van der Waals surface area contributed by atoms with E-state index in [9.17, 15) is 18.3 Å². The van der Waals surface area contributed by atoms with Gasteiger partial charge in [-0.05, 0) is 36.1 Å². The summed E-state index contributed by atoms with van der Waals surface area (Å²) < 4.78 is 38.0. The van der Waals surface area contributed by atoms with E-state index in [-0.39, 0.29) is 5.92 Å². The van der Waals surface area contributed by atoms with Crippen LogP contribution in [0.4, 0.5) is 13.2 Å². The highest BCUT2D eigenvalue weighted by atomic mass is 19.4. The highest BCUT2D eigenvalue weighted by Gasteiger charge is 2.31. The van der Waals surface area contributed by atoms with Crippen molar-refractivity contribution in [1.29, 1.82) is 0 Å². The molecule has 0 saturated carbocycles. The lowest BCUT2D eigenvalue weighted by atomic mass is 9.88. The SMILES string of the molecule is OC1CCN(Cc2ccccc2)CC1Cc1ccc(C(F)(F)F)cc1. The van der Waals surface area contributed by atoms with E-state index in [0.717, 1.165) is 37.3 Å². The van der Waals surface area contributed by atoms with Gasteiger partial charge in [0.2, 0.25) is 0 Å². The van der Waals surface area contributed by atoms with Gasteiger partial charge in [0.25, 0.3) is 0 Å². The van der Waals surface area contributed by atoms with Crippen molar-refractivity contribution in [2.24, 2.45) is 5.92 Å². The van der Waals surface area contributed by atoms with Gasteiger partial charge in [-0.25, -0.2) is 0 Å². The molecule has 1 N–H and O–H groups in total. The summed E-state index contributed by atoms with van der Waals surface area (Å²) in [4.78, 5) is 2.30. The number of benzene rings is 2. The number of aliphatic hydroxyl groups is 1. The van der Waals surface area contributed by atoms with Crippen molar-refractivity contribution >= 4 is 0 Å². The monoisotopic (exact) mass is 349 g/mol. The molecule has 5 heteroatoms. The molecule has 1 fully saturated rings. The molecule has 1 saturated heterocycles. The zero-order valence-corrected chi connectivity index (χ0v) is 13.9. The zero-order chi connectivity index (χ0) is 17.9. The molecule has 0 bridgehead atoms. The minimum Gasteiger partial charge on any atom is -0.393 e. The predicted molar refractivity (Wildman–Crippen MR) is 91.0 cm³/mol. The first kappa shape index (κ1) is 18.0. The Kier molecular flexibility index (Phi) is 5.45. The zero-order valence-electron chi connectivity index (χ0n) is 13.9. The number of hydrogen-bond acceptors (Lipinski definition) is 2. The number of piperidine rings is 1. The second-order valence-corrected chi connectivity index (χ2v) is 6.74. The molecule has 2 aromatic rings. The van der Waals surface area contributed by atoms with E-state index in [1.165, 1.54) is 17.7 Å². The van der Waals surface area contributed by atoms with E-state index >= 15 is 0 Å². The Hall–Kier alpha value is -1.85. The number of nitrogens with zero attached hydrogens (tertiary/aromatic N) is 1. The summed E-state index contributed by atoms with van der Waals surface area (Å²) in [6.07, 6.45) is -3.44. The van der Waals surface area contributed by atoms with E-state index in [1.54, 1.807) is 0 Å². The summed E-state index contributed by atoms with van der Waals surface area (Å²) in [5.74, 6) is 0.0363. The Morgan fingerprint density at radius 3 is 2.28 bits per heavy atom. The Morgan fingerprint density at radius 2 is 1.64 bits per heavy atom. The normalized spacial score (nSPS) is 22.1. The number of aliphatic hydroxyl groups excluding tert-OH is 1. The van der Waals surface area contributed by atoms with Gasteiger partial charge in [-0.2, -0.15) is 13.2 Å². The molecule has 0 amide bonds. The molecule has 1 aliphatic rings. The molecule has 1 heterocycles. The average molecular weight is 349 g/mol. The van der Waals surface area contributed by atoms with Crippen molar-refractivity contribution in [1.82, 2.24) is 4.90 Å². The molecule has 2 nitrogen and oxygen atoms in total. The van der Waals surface area contributed by atoms with Gasteiger partial charge in [0.05, 0.1) is 11.7 Å². The van der Waals surface area contributed by atoms with Gasteiger partial charge >= 0.3 is 6.18 Å².